The van der Waals surface area contributed by atoms with E-state index in [-0.39, 0.29) is 12.5 Å². The summed E-state index contributed by atoms with van der Waals surface area (Å²) in [6, 6.07) is 20.9. The maximum absolute atomic E-state index is 13.4. The van der Waals surface area contributed by atoms with Gasteiger partial charge < -0.3 is 14.4 Å². The van der Waals surface area contributed by atoms with Gasteiger partial charge in [-0.1, -0.05) is 36.4 Å². The molecule has 0 radical (unpaired) electrons. The minimum atomic E-state index is -0.705. The summed E-state index contributed by atoms with van der Waals surface area (Å²) in [5, 5.41) is 0. The Morgan fingerprint density at radius 3 is 2.56 bits per heavy atom. The lowest BCUT2D eigenvalue weighted by molar-refractivity contribution is -0.127. The number of rotatable bonds is 4. The largest absolute Gasteiger partial charge is 0.485 e. The number of amides is 1. The minimum absolute atomic E-state index is 0.149. The lowest BCUT2D eigenvalue weighted by Gasteiger charge is -2.31. The lowest BCUT2D eigenvalue weighted by atomic mass is 10.1. The summed E-state index contributed by atoms with van der Waals surface area (Å²) in [5.74, 6) is 1.10. The number of ether oxygens (including phenoxy) is 2. The summed E-state index contributed by atoms with van der Waals surface area (Å²) in [6.45, 7) is 2.54. The normalized spacial score (nSPS) is 15.2. The second-order valence-electron chi connectivity index (χ2n) is 6.40. The molecule has 0 fully saturated rings. The van der Waals surface area contributed by atoms with Crippen molar-refractivity contribution in [3.63, 3.8) is 0 Å². The number of aryl methyl sites for hydroxylation is 1. The molecule has 2 heterocycles. The first-order chi connectivity index (χ1) is 13.2. The number of aromatic nitrogens is 1. The number of anilines is 1. The van der Waals surface area contributed by atoms with Crippen molar-refractivity contribution in [2.45, 2.75) is 19.6 Å². The third kappa shape index (κ3) is 3.62. The average molecular weight is 360 g/mol. The van der Waals surface area contributed by atoms with Crippen LogP contribution in [0.5, 0.6) is 11.5 Å². The average Bonchev–Trinajstić information content (AvgIpc) is 2.72. The van der Waals surface area contributed by atoms with Gasteiger partial charge in [-0.15, -0.1) is 0 Å². The summed E-state index contributed by atoms with van der Waals surface area (Å²) in [4.78, 5) is 19.5. The Labute approximate surface area is 158 Å². The number of pyridine rings is 1. The van der Waals surface area contributed by atoms with Crippen molar-refractivity contribution in [1.82, 2.24) is 4.98 Å². The molecule has 1 atom stereocenters. The molecule has 5 heteroatoms. The highest BCUT2D eigenvalue weighted by Crippen LogP contribution is 2.32. The van der Waals surface area contributed by atoms with E-state index in [0.717, 1.165) is 16.9 Å². The van der Waals surface area contributed by atoms with Crippen molar-refractivity contribution in [3.05, 3.63) is 84.2 Å². The van der Waals surface area contributed by atoms with Gasteiger partial charge >= 0.3 is 0 Å². The number of hydrogen-bond acceptors (Lipinski definition) is 4. The lowest BCUT2D eigenvalue weighted by Crippen LogP contribution is -2.46. The molecule has 4 rings (SSSR count). The number of carbonyl (C=O) groups excluding carboxylic acids is 1. The summed E-state index contributed by atoms with van der Waals surface area (Å²) in [5.41, 5.74) is 2.67. The van der Waals surface area contributed by atoms with Crippen LogP contribution in [-0.4, -0.2) is 23.6 Å². The highest BCUT2D eigenvalue weighted by molar-refractivity contribution is 5.97. The second-order valence-corrected chi connectivity index (χ2v) is 6.40. The van der Waals surface area contributed by atoms with Crippen molar-refractivity contribution in [1.29, 1.82) is 0 Å². The van der Waals surface area contributed by atoms with E-state index in [1.165, 1.54) is 0 Å². The van der Waals surface area contributed by atoms with Gasteiger partial charge in [-0.05, 0) is 42.8 Å². The second kappa shape index (κ2) is 7.50. The summed E-state index contributed by atoms with van der Waals surface area (Å²) >= 11 is 0. The quantitative estimate of drug-likeness (QED) is 0.711. The zero-order valence-electron chi connectivity index (χ0n) is 15.0. The first-order valence-electron chi connectivity index (χ1n) is 8.88. The molecular formula is C22H20N2O3. The maximum atomic E-state index is 13.4. The fourth-order valence-electron chi connectivity index (χ4n) is 3.12. The number of nitrogens with zero attached hydrogens (tertiary/aromatic N) is 2. The topological polar surface area (TPSA) is 51.7 Å². The van der Waals surface area contributed by atoms with Crippen LogP contribution in [0, 0.1) is 6.92 Å². The first-order valence-corrected chi connectivity index (χ1v) is 8.88. The molecular weight excluding hydrogens is 340 g/mol. The molecule has 27 heavy (non-hydrogen) atoms. The van der Waals surface area contributed by atoms with E-state index in [2.05, 4.69) is 4.98 Å². The Morgan fingerprint density at radius 1 is 1.04 bits per heavy atom. The van der Waals surface area contributed by atoms with Gasteiger partial charge in [-0.25, -0.2) is 0 Å². The molecule has 3 aromatic rings. The van der Waals surface area contributed by atoms with E-state index in [4.69, 9.17) is 9.47 Å². The van der Waals surface area contributed by atoms with Crippen molar-refractivity contribution in [2.75, 3.05) is 11.5 Å². The van der Waals surface area contributed by atoms with Gasteiger partial charge in [0.15, 0.2) is 11.5 Å². The van der Waals surface area contributed by atoms with Crippen LogP contribution in [-0.2, 0) is 11.3 Å². The van der Waals surface area contributed by atoms with E-state index >= 15 is 0 Å². The third-order valence-electron chi connectivity index (χ3n) is 4.50. The van der Waals surface area contributed by atoms with E-state index in [9.17, 15) is 4.79 Å². The highest BCUT2D eigenvalue weighted by atomic mass is 16.6. The zero-order valence-corrected chi connectivity index (χ0v) is 15.0. The number of para-hydroxylation sites is 3. The predicted octanol–water partition coefficient (Wildman–Crippen LogP) is 3.76. The van der Waals surface area contributed by atoms with Gasteiger partial charge in [0.1, 0.15) is 6.61 Å². The SMILES string of the molecule is Cc1ccccc1N(Cc1ccccn1)C(=O)[C@@H]1COc2ccccc2O1. The van der Waals surface area contributed by atoms with Crippen LogP contribution in [0.1, 0.15) is 11.3 Å². The fourth-order valence-corrected chi connectivity index (χ4v) is 3.12. The van der Waals surface area contributed by atoms with E-state index in [1.807, 2.05) is 73.7 Å². The van der Waals surface area contributed by atoms with Crippen LogP contribution in [0.3, 0.4) is 0 Å². The number of hydrogen-bond donors (Lipinski definition) is 0. The van der Waals surface area contributed by atoms with Gasteiger partial charge in [0.05, 0.1) is 12.2 Å². The van der Waals surface area contributed by atoms with Gasteiger partial charge in [0.25, 0.3) is 5.91 Å². The fraction of sp³-hybridized carbons (Fsp3) is 0.182. The Bertz CT molecular complexity index is 943. The molecule has 1 aliphatic heterocycles. The molecule has 136 valence electrons. The van der Waals surface area contributed by atoms with Crippen molar-refractivity contribution < 1.29 is 14.3 Å². The van der Waals surface area contributed by atoms with Gasteiger partial charge in [0.2, 0.25) is 6.10 Å². The third-order valence-corrected chi connectivity index (χ3v) is 4.50. The first kappa shape index (κ1) is 17.1. The Balaban J connectivity index is 1.64. The van der Waals surface area contributed by atoms with Gasteiger partial charge in [0, 0.05) is 11.9 Å². The highest BCUT2D eigenvalue weighted by Gasteiger charge is 2.32. The molecule has 0 aliphatic carbocycles. The van der Waals surface area contributed by atoms with Crippen LogP contribution < -0.4 is 14.4 Å². The van der Waals surface area contributed by atoms with Gasteiger partial charge in [-0.2, -0.15) is 0 Å². The van der Waals surface area contributed by atoms with Gasteiger partial charge in [-0.3, -0.25) is 9.78 Å². The van der Waals surface area contributed by atoms with E-state index < -0.39 is 6.10 Å². The van der Waals surface area contributed by atoms with Crippen molar-refractivity contribution in [3.8, 4) is 11.5 Å². The summed E-state index contributed by atoms with van der Waals surface area (Å²) < 4.78 is 11.7. The Morgan fingerprint density at radius 2 is 1.78 bits per heavy atom. The molecule has 0 bridgehead atoms. The standard InChI is InChI=1S/C22H20N2O3/c1-16-8-2-3-10-18(16)24(14-17-9-6-7-13-23-17)22(25)21-15-26-19-11-4-5-12-20(19)27-21/h2-13,21H,14-15H2,1H3/t21-/m0/s1. The monoisotopic (exact) mass is 360 g/mol. The number of carbonyl (C=O) groups is 1. The number of benzene rings is 2. The molecule has 0 N–H and O–H groups in total. The predicted molar refractivity (Wildman–Crippen MR) is 103 cm³/mol. The van der Waals surface area contributed by atoms with Crippen LogP contribution >= 0.6 is 0 Å². The smallest absolute Gasteiger partial charge is 0.272 e. The van der Waals surface area contributed by atoms with Crippen LogP contribution in [0.4, 0.5) is 5.69 Å². The molecule has 2 aromatic carbocycles. The molecule has 0 saturated heterocycles. The summed E-state index contributed by atoms with van der Waals surface area (Å²) in [6.07, 6.45) is 1.02. The molecule has 0 spiro atoms. The Hall–Kier alpha value is -3.34. The molecule has 0 saturated carbocycles. The number of fused-ring (bicyclic) bond motifs is 1. The van der Waals surface area contributed by atoms with Crippen molar-refractivity contribution in [2.24, 2.45) is 0 Å². The van der Waals surface area contributed by atoms with Crippen LogP contribution in [0.25, 0.3) is 0 Å². The molecule has 5 nitrogen and oxygen atoms in total. The maximum Gasteiger partial charge on any atom is 0.272 e. The molecule has 1 amide bonds. The molecule has 1 aliphatic rings. The zero-order chi connectivity index (χ0) is 18.6. The van der Waals surface area contributed by atoms with E-state index in [1.54, 1.807) is 11.1 Å². The summed E-state index contributed by atoms with van der Waals surface area (Å²) in [7, 11) is 0. The van der Waals surface area contributed by atoms with Crippen LogP contribution in [0.2, 0.25) is 0 Å². The molecule has 0 unspecified atom stereocenters. The molecule has 1 aromatic heterocycles. The minimum Gasteiger partial charge on any atom is -0.485 e. The van der Waals surface area contributed by atoms with E-state index in [0.29, 0.717) is 18.0 Å². The Kier molecular flexibility index (Phi) is 4.75. The van der Waals surface area contributed by atoms with Crippen molar-refractivity contribution >= 4 is 11.6 Å². The van der Waals surface area contributed by atoms with Crippen LogP contribution in [0.15, 0.2) is 72.9 Å².